The molecule has 8 heteroatoms. The van der Waals surface area contributed by atoms with Crippen LogP contribution in [-0.4, -0.2) is 74.7 Å². The summed E-state index contributed by atoms with van der Waals surface area (Å²) in [5.41, 5.74) is 1.21. The van der Waals surface area contributed by atoms with Crippen LogP contribution in [0, 0.1) is 11.3 Å². The Morgan fingerprint density at radius 2 is 1.88 bits per heavy atom. The molecule has 1 aliphatic rings. The molecule has 0 aliphatic carbocycles. The monoisotopic (exact) mass is 345 g/mol. The number of urea groups is 1. The fourth-order valence-electron chi connectivity index (χ4n) is 2.49. The van der Waals surface area contributed by atoms with Gasteiger partial charge in [-0.05, 0) is 24.3 Å². The first-order chi connectivity index (χ1) is 12.1. The summed E-state index contributed by atoms with van der Waals surface area (Å²) in [6.07, 6.45) is 0. The zero-order valence-electron chi connectivity index (χ0n) is 14.3. The Kier molecular flexibility index (Phi) is 7.19. The molecule has 1 aromatic carbocycles. The van der Waals surface area contributed by atoms with Gasteiger partial charge in [0.25, 0.3) is 0 Å². The van der Waals surface area contributed by atoms with E-state index in [9.17, 15) is 9.59 Å². The topological polar surface area (TPSA) is 97.7 Å². The van der Waals surface area contributed by atoms with Gasteiger partial charge in [-0.25, -0.2) is 4.79 Å². The van der Waals surface area contributed by atoms with Crippen molar-refractivity contribution >= 4 is 17.6 Å². The van der Waals surface area contributed by atoms with E-state index < -0.39 is 0 Å². The SMILES string of the molecule is COCCNC(=O)CN1CCN(C(=O)Nc2ccc(C#N)cc2)CC1. The van der Waals surface area contributed by atoms with Crippen LogP contribution in [-0.2, 0) is 9.53 Å². The lowest BCUT2D eigenvalue weighted by molar-refractivity contribution is -0.122. The van der Waals surface area contributed by atoms with E-state index in [4.69, 9.17) is 10.00 Å². The van der Waals surface area contributed by atoms with Crippen LogP contribution in [0.1, 0.15) is 5.56 Å². The van der Waals surface area contributed by atoms with E-state index in [1.807, 2.05) is 11.0 Å². The number of nitrogens with zero attached hydrogens (tertiary/aromatic N) is 3. The molecule has 2 N–H and O–H groups in total. The smallest absolute Gasteiger partial charge is 0.321 e. The molecular formula is C17H23N5O3. The zero-order valence-corrected chi connectivity index (χ0v) is 14.3. The van der Waals surface area contributed by atoms with E-state index in [1.54, 1.807) is 36.3 Å². The van der Waals surface area contributed by atoms with Crippen LogP contribution < -0.4 is 10.6 Å². The maximum atomic E-state index is 12.3. The first kappa shape index (κ1) is 18.7. The van der Waals surface area contributed by atoms with Crippen LogP contribution in [0.25, 0.3) is 0 Å². The summed E-state index contributed by atoms with van der Waals surface area (Å²) in [5, 5.41) is 14.4. The zero-order chi connectivity index (χ0) is 18.1. The number of ether oxygens (including phenoxy) is 1. The van der Waals surface area contributed by atoms with Gasteiger partial charge in [0.1, 0.15) is 0 Å². The molecule has 0 atom stereocenters. The fourth-order valence-corrected chi connectivity index (χ4v) is 2.49. The number of hydrogen-bond donors (Lipinski definition) is 2. The van der Waals surface area contributed by atoms with Crippen LogP contribution in [0.15, 0.2) is 24.3 Å². The van der Waals surface area contributed by atoms with Gasteiger partial charge in [-0.15, -0.1) is 0 Å². The van der Waals surface area contributed by atoms with Crippen molar-refractivity contribution in [1.29, 1.82) is 5.26 Å². The predicted molar refractivity (Wildman–Crippen MR) is 93.1 cm³/mol. The molecule has 1 fully saturated rings. The second-order valence-electron chi connectivity index (χ2n) is 5.73. The average molecular weight is 345 g/mol. The molecule has 134 valence electrons. The van der Waals surface area contributed by atoms with Gasteiger partial charge in [0.15, 0.2) is 0 Å². The molecule has 1 aromatic rings. The van der Waals surface area contributed by atoms with Gasteiger partial charge in [-0.3, -0.25) is 9.69 Å². The van der Waals surface area contributed by atoms with Crippen molar-refractivity contribution in [3.8, 4) is 6.07 Å². The molecule has 0 unspecified atom stereocenters. The first-order valence-electron chi connectivity index (χ1n) is 8.16. The fraction of sp³-hybridized carbons (Fsp3) is 0.471. The third-order valence-corrected chi connectivity index (χ3v) is 3.92. The predicted octanol–water partition coefficient (Wildman–Crippen LogP) is 0.470. The lowest BCUT2D eigenvalue weighted by Gasteiger charge is -2.34. The highest BCUT2D eigenvalue weighted by Gasteiger charge is 2.22. The van der Waals surface area contributed by atoms with Gasteiger partial charge >= 0.3 is 6.03 Å². The maximum Gasteiger partial charge on any atom is 0.321 e. The molecule has 0 bridgehead atoms. The number of piperazine rings is 1. The minimum absolute atomic E-state index is 0.0347. The highest BCUT2D eigenvalue weighted by Crippen LogP contribution is 2.11. The van der Waals surface area contributed by atoms with Crippen LogP contribution in [0.4, 0.5) is 10.5 Å². The van der Waals surface area contributed by atoms with Crippen molar-refractivity contribution in [2.75, 3.05) is 58.3 Å². The highest BCUT2D eigenvalue weighted by molar-refractivity contribution is 5.89. The number of carbonyl (C=O) groups is 2. The van der Waals surface area contributed by atoms with Crippen LogP contribution in [0.3, 0.4) is 0 Å². The van der Waals surface area contributed by atoms with Crippen LogP contribution in [0.2, 0.25) is 0 Å². The summed E-state index contributed by atoms with van der Waals surface area (Å²) in [4.78, 5) is 27.8. The lowest BCUT2D eigenvalue weighted by atomic mass is 10.2. The molecule has 0 radical (unpaired) electrons. The van der Waals surface area contributed by atoms with Gasteiger partial charge in [0.2, 0.25) is 5.91 Å². The van der Waals surface area contributed by atoms with Gasteiger partial charge in [-0.1, -0.05) is 0 Å². The third kappa shape index (κ3) is 6.06. The molecule has 25 heavy (non-hydrogen) atoms. The van der Waals surface area contributed by atoms with Crippen LogP contribution >= 0.6 is 0 Å². The Balaban J connectivity index is 1.72. The normalized spacial score (nSPS) is 14.6. The second kappa shape index (κ2) is 9.61. The van der Waals surface area contributed by atoms with E-state index in [1.165, 1.54) is 0 Å². The number of anilines is 1. The Morgan fingerprint density at radius 1 is 1.20 bits per heavy atom. The average Bonchev–Trinajstić information content (AvgIpc) is 2.63. The molecule has 0 saturated carbocycles. The van der Waals surface area contributed by atoms with E-state index in [0.717, 1.165) is 0 Å². The number of methoxy groups -OCH3 is 1. The van der Waals surface area contributed by atoms with Crippen LogP contribution in [0.5, 0.6) is 0 Å². The molecule has 1 saturated heterocycles. The standard InChI is InChI=1S/C17H23N5O3/c1-25-11-6-19-16(23)13-21-7-9-22(10-8-21)17(24)20-15-4-2-14(12-18)3-5-15/h2-5H,6-11,13H2,1H3,(H,19,23)(H,20,24). The summed E-state index contributed by atoms with van der Waals surface area (Å²) >= 11 is 0. The molecule has 1 heterocycles. The Labute approximate surface area is 147 Å². The number of nitrogens with one attached hydrogen (secondary N) is 2. The first-order valence-corrected chi connectivity index (χ1v) is 8.16. The number of benzene rings is 1. The molecule has 8 nitrogen and oxygen atoms in total. The molecule has 0 spiro atoms. The minimum atomic E-state index is -0.172. The van der Waals surface area contributed by atoms with Gasteiger partial charge in [-0.2, -0.15) is 5.26 Å². The van der Waals surface area contributed by atoms with Gasteiger partial charge in [0.05, 0.1) is 24.8 Å². The number of hydrogen-bond acceptors (Lipinski definition) is 5. The van der Waals surface area contributed by atoms with E-state index >= 15 is 0 Å². The van der Waals surface area contributed by atoms with E-state index in [-0.39, 0.29) is 11.9 Å². The second-order valence-corrected chi connectivity index (χ2v) is 5.73. The summed E-state index contributed by atoms with van der Waals surface area (Å²) in [6.45, 7) is 3.75. The third-order valence-electron chi connectivity index (χ3n) is 3.92. The molecular weight excluding hydrogens is 322 g/mol. The van der Waals surface area contributed by atoms with Crippen molar-refractivity contribution in [1.82, 2.24) is 15.1 Å². The van der Waals surface area contributed by atoms with E-state index in [0.29, 0.717) is 57.1 Å². The molecule has 0 aromatic heterocycles. The largest absolute Gasteiger partial charge is 0.383 e. The molecule has 2 rings (SSSR count). The number of rotatable bonds is 6. The quantitative estimate of drug-likeness (QED) is 0.731. The Bertz CT molecular complexity index is 618. The van der Waals surface area contributed by atoms with Crippen molar-refractivity contribution in [2.24, 2.45) is 0 Å². The summed E-state index contributed by atoms with van der Waals surface area (Å²) in [7, 11) is 1.59. The maximum absolute atomic E-state index is 12.3. The Morgan fingerprint density at radius 3 is 2.48 bits per heavy atom. The summed E-state index contributed by atoms with van der Waals surface area (Å²) in [6, 6.07) is 8.60. The van der Waals surface area contributed by atoms with Gasteiger partial charge < -0.3 is 20.3 Å². The van der Waals surface area contributed by atoms with Crippen molar-refractivity contribution < 1.29 is 14.3 Å². The van der Waals surface area contributed by atoms with E-state index in [2.05, 4.69) is 10.6 Å². The van der Waals surface area contributed by atoms with Crippen molar-refractivity contribution in [3.63, 3.8) is 0 Å². The molecule has 1 aliphatic heterocycles. The summed E-state index contributed by atoms with van der Waals surface area (Å²) < 4.78 is 4.89. The van der Waals surface area contributed by atoms with Crippen molar-refractivity contribution in [3.05, 3.63) is 29.8 Å². The number of nitriles is 1. The lowest BCUT2D eigenvalue weighted by Crippen LogP contribution is -2.52. The minimum Gasteiger partial charge on any atom is -0.383 e. The Hall–Kier alpha value is -2.63. The number of carbonyl (C=O) groups excluding carboxylic acids is 2. The number of amides is 3. The summed E-state index contributed by atoms with van der Waals surface area (Å²) in [5.74, 6) is -0.0347. The van der Waals surface area contributed by atoms with Gasteiger partial charge in [0, 0.05) is 45.5 Å². The van der Waals surface area contributed by atoms with Crippen molar-refractivity contribution in [2.45, 2.75) is 0 Å². The molecule has 3 amide bonds. The highest BCUT2D eigenvalue weighted by atomic mass is 16.5.